The zero-order valence-corrected chi connectivity index (χ0v) is 19.8. The summed E-state index contributed by atoms with van der Waals surface area (Å²) in [5, 5.41) is 8.76. The molecule has 0 spiro atoms. The number of benzene rings is 3. The standard InChI is InChI=1S/C21H30N2.C7H8O/c1-5-16-10-14(11-17(6-2)20(16)22)9-15-12-18(7-3)21(23)19(8-4)13-15;1-6-2-4-7(8)5-3-6/h10-13H,5-9,22-23H2,1-4H3;2-5,8H,1H3. The van der Waals surface area contributed by atoms with Gasteiger partial charge in [-0.2, -0.15) is 0 Å². The Labute approximate surface area is 188 Å². The lowest BCUT2D eigenvalue weighted by Crippen LogP contribution is -2.04. The minimum atomic E-state index is 0.329. The molecule has 0 bridgehead atoms. The number of nitrogens with two attached hydrogens (primary N) is 2. The van der Waals surface area contributed by atoms with E-state index in [1.807, 2.05) is 19.1 Å². The third kappa shape index (κ3) is 6.52. The second-order valence-electron chi connectivity index (χ2n) is 8.08. The summed E-state index contributed by atoms with van der Waals surface area (Å²) in [6.07, 6.45) is 4.87. The average molecular weight is 419 g/mol. The van der Waals surface area contributed by atoms with E-state index in [1.54, 1.807) is 12.1 Å². The maximum absolute atomic E-state index is 8.76. The van der Waals surface area contributed by atoms with Crippen LogP contribution >= 0.6 is 0 Å². The van der Waals surface area contributed by atoms with Gasteiger partial charge >= 0.3 is 0 Å². The molecule has 0 atom stereocenters. The summed E-state index contributed by atoms with van der Waals surface area (Å²) in [6.45, 7) is 10.7. The van der Waals surface area contributed by atoms with Crippen molar-refractivity contribution >= 4 is 11.4 Å². The lowest BCUT2D eigenvalue weighted by Gasteiger charge is -2.15. The van der Waals surface area contributed by atoms with Gasteiger partial charge in [-0.25, -0.2) is 0 Å². The van der Waals surface area contributed by atoms with Crippen LogP contribution in [0.3, 0.4) is 0 Å². The van der Waals surface area contributed by atoms with Crippen LogP contribution in [0.1, 0.15) is 66.6 Å². The van der Waals surface area contributed by atoms with E-state index in [0.29, 0.717) is 5.75 Å². The van der Waals surface area contributed by atoms with Gasteiger partial charge in [-0.1, -0.05) is 69.7 Å². The highest BCUT2D eigenvalue weighted by Crippen LogP contribution is 2.26. The number of nitrogen functional groups attached to an aromatic ring is 2. The van der Waals surface area contributed by atoms with E-state index in [1.165, 1.54) is 38.9 Å². The molecule has 3 aromatic rings. The molecule has 0 saturated carbocycles. The summed E-state index contributed by atoms with van der Waals surface area (Å²) in [6, 6.07) is 16.2. The van der Waals surface area contributed by atoms with Crippen LogP contribution in [0, 0.1) is 6.92 Å². The molecular weight excluding hydrogens is 380 g/mol. The van der Waals surface area contributed by atoms with Crippen molar-refractivity contribution in [3.63, 3.8) is 0 Å². The minimum absolute atomic E-state index is 0.329. The Bertz CT molecular complexity index is 860. The van der Waals surface area contributed by atoms with E-state index in [2.05, 4.69) is 52.0 Å². The van der Waals surface area contributed by atoms with Crippen LogP contribution in [-0.2, 0) is 32.1 Å². The van der Waals surface area contributed by atoms with Crippen molar-refractivity contribution in [1.82, 2.24) is 0 Å². The predicted molar refractivity (Wildman–Crippen MR) is 135 cm³/mol. The van der Waals surface area contributed by atoms with Gasteiger partial charge in [-0.3, -0.25) is 0 Å². The van der Waals surface area contributed by atoms with Crippen LogP contribution in [0.4, 0.5) is 11.4 Å². The van der Waals surface area contributed by atoms with E-state index in [-0.39, 0.29) is 0 Å². The van der Waals surface area contributed by atoms with Crippen molar-refractivity contribution < 1.29 is 5.11 Å². The first-order chi connectivity index (χ1) is 14.8. The second kappa shape index (κ2) is 11.5. The number of phenols is 1. The molecule has 0 radical (unpaired) electrons. The fourth-order valence-electron chi connectivity index (χ4n) is 3.86. The first kappa shape index (κ1) is 24.3. The van der Waals surface area contributed by atoms with Gasteiger partial charge in [0.05, 0.1) is 0 Å². The van der Waals surface area contributed by atoms with Crippen molar-refractivity contribution in [3.8, 4) is 5.75 Å². The topological polar surface area (TPSA) is 72.3 Å². The SMILES string of the molecule is CCc1cc(Cc2cc(CC)c(N)c(CC)c2)cc(CC)c1N.Cc1ccc(O)cc1. The summed E-state index contributed by atoms with van der Waals surface area (Å²) in [5.74, 6) is 0.329. The Morgan fingerprint density at radius 2 is 0.935 bits per heavy atom. The summed E-state index contributed by atoms with van der Waals surface area (Å²) in [5.41, 5.74) is 23.4. The van der Waals surface area contributed by atoms with Crippen molar-refractivity contribution in [2.45, 2.75) is 66.7 Å². The van der Waals surface area contributed by atoms with Crippen molar-refractivity contribution in [2.24, 2.45) is 0 Å². The number of phenolic OH excluding ortho intramolecular Hbond substituents is 1. The minimum Gasteiger partial charge on any atom is -0.508 e. The van der Waals surface area contributed by atoms with Crippen LogP contribution in [0.5, 0.6) is 5.75 Å². The molecule has 0 saturated heterocycles. The molecule has 3 aromatic carbocycles. The van der Waals surface area contributed by atoms with E-state index >= 15 is 0 Å². The van der Waals surface area contributed by atoms with Gasteiger partial charge in [0.15, 0.2) is 0 Å². The quantitative estimate of drug-likeness (QED) is 0.406. The van der Waals surface area contributed by atoms with Crippen LogP contribution in [0.2, 0.25) is 0 Å². The maximum atomic E-state index is 8.76. The van der Waals surface area contributed by atoms with Crippen LogP contribution in [-0.4, -0.2) is 5.11 Å². The lowest BCUT2D eigenvalue weighted by atomic mass is 9.93. The van der Waals surface area contributed by atoms with E-state index in [4.69, 9.17) is 16.6 Å². The zero-order chi connectivity index (χ0) is 23.0. The van der Waals surface area contributed by atoms with Gasteiger partial charge in [-0.15, -0.1) is 0 Å². The van der Waals surface area contributed by atoms with Gasteiger partial charge in [0, 0.05) is 11.4 Å². The van der Waals surface area contributed by atoms with Gasteiger partial charge in [-0.05, 0) is 84.5 Å². The number of aromatic hydroxyl groups is 1. The Morgan fingerprint density at radius 3 is 1.19 bits per heavy atom. The normalized spacial score (nSPS) is 10.5. The lowest BCUT2D eigenvalue weighted by molar-refractivity contribution is 0.475. The van der Waals surface area contributed by atoms with Crippen LogP contribution in [0.25, 0.3) is 0 Å². The Morgan fingerprint density at radius 1 is 0.613 bits per heavy atom. The van der Waals surface area contributed by atoms with Crippen molar-refractivity contribution in [3.05, 3.63) is 87.5 Å². The van der Waals surface area contributed by atoms with Gasteiger partial charge in [0.25, 0.3) is 0 Å². The van der Waals surface area contributed by atoms with E-state index in [0.717, 1.165) is 43.5 Å². The number of hydrogen-bond donors (Lipinski definition) is 3. The summed E-state index contributed by atoms with van der Waals surface area (Å²) in [4.78, 5) is 0. The molecule has 0 amide bonds. The molecular formula is C28H38N2O. The molecule has 5 N–H and O–H groups in total. The Balaban J connectivity index is 0.000000357. The first-order valence-electron chi connectivity index (χ1n) is 11.4. The monoisotopic (exact) mass is 418 g/mol. The zero-order valence-electron chi connectivity index (χ0n) is 19.8. The van der Waals surface area contributed by atoms with Crippen molar-refractivity contribution in [1.29, 1.82) is 0 Å². The van der Waals surface area contributed by atoms with Crippen LogP contribution in [0.15, 0.2) is 48.5 Å². The van der Waals surface area contributed by atoms with E-state index < -0.39 is 0 Å². The highest BCUT2D eigenvalue weighted by molar-refractivity contribution is 5.58. The number of hydrogen-bond acceptors (Lipinski definition) is 3. The Kier molecular flexibility index (Phi) is 8.99. The molecule has 0 aliphatic rings. The molecule has 3 heteroatoms. The largest absolute Gasteiger partial charge is 0.508 e. The number of anilines is 2. The predicted octanol–water partition coefficient (Wildman–Crippen LogP) is 6.39. The third-order valence-electron chi connectivity index (χ3n) is 5.79. The Hall–Kier alpha value is -2.94. The van der Waals surface area contributed by atoms with Gasteiger partial charge < -0.3 is 16.6 Å². The molecule has 3 nitrogen and oxygen atoms in total. The molecule has 0 aromatic heterocycles. The van der Waals surface area contributed by atoms with Gasteiger partial charge in [0.1, 0.15) is 5.75 Å². The second-order valence-corrected chi connectivity index (χ2v) is 8.08. The fraction of sp³-hybridized carbons (Fsp3) is 0.357. The fourth-order valence-corrected chi connectivity index (χ4v) is 3.86. The van der Waals surface area contributed by atoms with Crippen LogP contribution < -0.4 is 11.5 Å². The molecule has 0 aliphatic heterocycles. The molecule has 166 valence electrons. The van der Waals surface area contributed by atoms with E-state index in [9.17, 15) is 0 Å². The summed E-state index contributed by atoms with van der Waals surface area (Å²) >= 11 is 0. The molecule has 0 fully saturated rings. The molecule has 3 rings (SSSR count). The summed E-state index contributed by atoms with van der Waals surface area (Å²) < 4.78 is 0. The van der Waals surface area contributed by atoms with Gasteiger partial charge in [0.2, 0.25) is 0 Å². The number of aryl methyl sites for hydroxylation is 5. The average Bonchev–Trinajstić information content (AvgIpc) is 2.78. The summed E-state index contributed by atoms with van der Waals surface area (Å²) in [7, 11) is 0. The van der Waals surface area contributed by atoms with Crippen molar-refractivity contribution in [2.75, 3.05) is 11.5 Å². The molecule has 0 heterocycles. The smallest absolute Gasteiger partial charge is 0.115 e. The first-order valence-corrected chi connectivity index (χ1v) is 11.4. The highest BCUT2D eigenvalue weighted by atomic mass is 16.3. The molecule has 0 aliphatic carbocycles. The maximum Gasteiger partial charge on any atom is 0.115 e. The third-order valence-corrected chi connectivity index (χ3v) is 5.79. The highest BCUT2D eigenvalue weighted by Gasteiger charge is 2.10. The molecule has 0 unspecified atom stereocenters. The molecule has 31 heavy (non-hydrogen) atoms. The number of rotatable bonds is 6.